The number of likely N-dealkylation sites (N-methyl/N-ethyl adjacent to an activating group) is 1. The Hall–Kier alpha value is -2.48. The minimum absolute atomic E-state index is 0.121. The molecule has 1 aliphatic carbocycles. The van der Waals surface area contributed by atoms with Crippen molar-refractivity contribution in [2.24, 2.45) is 5.92 Å². The van der Waals surface area contributed by atoms with E-state index in [9.17, 15) is 9.59 Å². The number of ether oxygens (including phenoxy) is 1. The Balaban J connectivity index is 1.59. The standard InChI is InChI=1S/C16H18N4O3S/c1-17-13(21)7-12-9-24-16(19-12)20-15(22)11-4-5-18-14(6-11)23-8-10-2-3-10/h4-6,9-10H,2-3,7-8H2,1H3,(H,17,21)(H,19,20,22). The lowest BCUT2D eigenvalue weighted by molar-refractivity contribution is -0.120. The highest BCUT2D eigenvalue weighted by atomic mass is 32.1. The van der Waals surface area contributed by atoms with Crippen molar-refractivity contribution >= 4 is 28.3 Å². The lowest BCUT2D eigenvalue weighted by Crippen LogP contribution is -2.20. The van der Waals surface area contributed by atoms with Gasteiger partial charge in [-0.15, -0.1) is 11.3 Å². The van der Waals surface area contributed by atoms with E-state index in [1.165, 1.54) is 24.2 Å². The number of hydrogen-bond acceptors (Lipinski definition) is 6. The third kappa shape index (κ3) is 4.51. The molecule has 0 radical (unpaired) electrons. The highest BCUT2D eigenvalue weighted by molar-refractivity contribution is 7.14. The molecule has 2 N–H and O–H groups in total. The van der Waals surface area contributed by atoms with Crippen molar-refractivity contribution < 1.29 is 14.3 Å². The molecule has 0 aromatic carbocycles. The summed E-state index contributed by atoms with van der Waals surface area (Å²) in [5, 5.41) is 7.47. The first-order valence-electron chi connectivity index (χ1n) is 7.69. The van der Waals surface area contributed by atoms with E-state index in [-0.39, 0.29) is 18.2 Å². The average Bonchev–Trinajstić information content (AvgIpc) is 3.33. The quantitative estimate of drug-likeness (QED) is 0.798. The Kier molecular flexibility index (Phi) is 5.05. The van der Waals surface area contributed by atoms with E-state index in [2.05, 4.69) is 20.6 Å². The maximum Gasteiger partial charge on any atom is 0.257 e. The normalized spacial score (nSPS) is 13.4. The van der Waals surface area contributed by atoms with Crippen LogP contribution in [0.15, 0.2) is 23.7 Å². The van der Waals surface area contributed by atoms with Crippen LogP contribution in [-0.4, -0.2) is 35.4 Å². The Morgan fingerprint density at radius 3 is 3.00 bits per heavy atom. The number of thiazole rings is 1. The van der Waals surface area contributed by atoms with E-state index in [0.717, 1.165) is 0 Å². The molecule has 0 bridgehead atoms. The first kappa shape index (κ1) is 16.4. The van der Waals surface area contributed by atoms with E-state index in [4.69, 9.17) is 4.74 Å². The number of nitrogens with one attached hydrogen (secondary N) is 2. The lowest BCUT2D eigenvalue weighted by atomic mass is 10.2. The first-order chi connectivity index (χ1) is 11.6. The van der Waals surface area contributed by atoms with Gasteiger partial charge in [-0.1, -0.05) is 0 Å². The van der Waals surface area contributed by atoms with E-state index < -0.39 is 0 Å². The van der Waals surface area contributed by atoms with Gasteiger partial charge in [-0.05, 0) is 24.8 Å². The molecule has 8 heteroatoms. The second kappa shape index (κ2) is 7.39. The molecule has 0 unspecified atom stereocenters. The lowest BCUT2D eigenvalue weighted by Gasteiger charge is -2.06. The van der Waals surface area contributed by atoms with Crippen molar-refractivity contribution in [3.8, 4) is 5.88 Å². The fraction of sp³-hybridized carbons (Fsp3) is 0.375. The number of aromatic nitrogens is 2. The van der Waals surface area contributed by atoms with Crippen molar-refractivity contribution in [2.45, 2.75) is 19.3 Å². The van der Waals surface area contributed by atoms with Crippen LogP contribution >= 0.6 is 11.3 Å². The van der Waals surface area contributed by atoms with Gasteiger partial charge >= 0.3 is 0 Å². The molecule has 1 saturated carbocycles. The van der Waals surface area contributed by atoms with Crippen molar-refractivity contribution in [1.29, 1.82) is 0 Å². The van der Waals surface area contributed by atoms with E-state index in [1.807, 2.05) is 0 Å². The summed E-state index contributed by atoms with van der Waals surface area (Å²) >= 11 is 1.28. The molecule has 2 heterocycles. The van der Waals surface area contributed by atoms with Crippen LogP contribution in [0.5, 0.6) is 5.88 Å². The Labute approximate surface area is 143 Å². The molecule has 1 aliphatic rings. The second-order valence-electron chi connectivity index (χ2n) is 5.59. The highest BCUT2D eigenvalue weighted by Gasteiger charge is 2.22. The largest absolute Gasteiger partial charge is 0.477 e. The molecule has 126 valence electrons. The Morgan fingerprint density at radius 2 is 2.25 bits per heavy atom. The monoisotopic (exact) mass is 346 g/mol. The molecule has 7 nitrogen and oxygen atoms in total. The average molecular weight is 346 g/mol. The highest BCUT2D eigenvalue weighted by Crippen LogP contribution is 2.29. The fourth-order valence-corrected chi connectivity index (χ4v) is 2.69. The van der Waals surface area contributed by atoms with Gasteiger partial charge in [-0.25, -0.2) is 9.97 Å². The van der Waals surface area contributed by atoms with Crippen LogP contribution in [0.25, 0.3) is 0 Å². The van der Waals surface area contributed by atoms with Crippen molar-refractivity contribution in [1.82, 2.24) is 15.3 Å². The van der Waals surface area contributed by atoms with Crippen LogP contribution in [0.2, 0.25) is 0 Å². The molecule has 0 saturated heterocycles. The number of pyridine rings is 1. The zero-order valence-electron chi connectivity index (χ0n) is 13.2. The molecule has 2 aromatic rings. The molecule has 24 heavy (non-hydrogen) atoms. The summed E-state index contributed by atoms with van der Waals surface area (Å²) in [7, 11) is 1.57. The number of nitrogens with zero attached hydrogens (tertiary/aromatic N) is 2. The molecule has 1 fully saturated rings. The minimum atomic E-state index is -0.283. The predicted octanol–water partition coefficient (Wildman–Crippen LogP) is 1.87. The number of amides is 2. The van der Waals surface area contributed by atoms with Crippen LogP contribution < -0.4 is 15.4 Å². The van der Waals surface area contributed by atoms with E-state index in [1.54, 1.807) is 30.8 Å². The van der Waals surface area contributed by atoms with Gasteiger partial charge in [0.05, 0.1) is 18.7 Å². The summed E-state index contributed by atoms with van der Waals surface area (Å²) in [5.74, 6) is 0.673. The zero-order valence-corrected chi connectivity index (χ0v) is 14.1. The van der Waals surface area contributed by atoms with Gasteiger partial charge < -0.3 is 10.1 Å². The molecular formula is C16H18N4O3S. The smallest absolute Gasteiger partial charge is 0.257 e. The van der Waals surface area contributed by atoms with Gasteiger partial charge in [0.1, 0.15) is 0 Å². The number of anilines is 1. The predicted molar refractivity (Wildman–Crippen MR) is 90.3 cm³/mol. The van der Waals surface area contributed by atoms with Crippen LogP contribution in [0.4, 0.5) is 5.13 Å². The van der Waals surface area contributed by atoms with E-state index >= 15 is 0 Å². The zero-order chi connectivity index (χ0) is 16.9. The van der Waals surface area contributed by atoms with Crippen LogP contribution in [0.1, 0.15) is 28.9 Å². The summed E-state index contributed by atoms with van der Waals surface area (Å²) in [6, 6.07) is 3.25. The number of rotatable bonds is 7. The van der Waals surface area contributed by atoms with Gasteiger partial charge in [0.15, 0.2) is 5.13 Å². The van der Waals surface area contributed by atoms with Gasteiger partial charge in [-0.2, -0.15) is 0 Å². The molecule has 0 atom stereocenters. The Bertz CT molecular complexity index is 742. The Morgan fingerprint density at radius 1 is 1.42 bits per heavy atom. The number of carbonyl (C=O) groups is 2. The number of carbonyl (C=O) groups excluding carboxylic acids is 2. The fourth-order valence-electron chi connectivity index (χ4n) is 1.99. The third-order valence-electron chi connectivity index (χ3n) is 3.55. The molecular weight excluding hydrogens is 328 g/mol. The molecule has 0 spiro atoms. The topological polar surface area (TPSA) is 93.2 Å². The molecule has 3 rings (SSSR count). The van der Waals surface area contributed by atoms with E-state index in [0.29, 0.717) is 34.8 Å². The second-order valence-corrected chi connectivity index (χ2v) is 6.44. The van der Waals surface area contributed by atoms with Crippen LogP contribution in [0, 0.1) is 5.92 Å². The van der Waals surface area contributed by atoms with Gasteiger partial charge in [0.2, 0.25) is 11.8 Å². The molecule has 2 aromatic heterocycles. The maximum atomic E-state index is 12.3. The summed E-state index contributed by atoms with van der Waals surface area (Å²) < 4.78 is 5.58. The minimum Gasteiger partial charge on any atom is -0.477 e. The van der Waals surface area contributed by atoms with Crippen molar-refractivity contribution in [3.05, 3.63) is 35.0 Å². The first-order valence-corrected chi connectivity index (χ1v) is 8.57. The SMILES string of the molecule is CNC(=O)Cc1csc(NC(=O)c2ccnc(OCC3CC3)c2)n1. The van der Waals surface area contributed by atoms with Gasteiger partial charge in [0.25, 0.3) is 5.91 Å². The summed E-state index contributed by atoms with van der Waals surface area (Å²) in [6.45, 7) is 0.646. The summed E-state index contributed by atoms with van der Waals surface area (Å²) in [5.41, 5.74) is 1.08. The van der Waals surface area contributed by atoms with Crippen molar-refractivity contribution in [2.75, 3.05) is 19.0 Å². The van der Waals surface area contributed by atoms with Crippen LogP contribution in [-0.2, 0) is 11.2 Å². The van der Waals surface area contributed by atoms with Crippen molar-refractivity contribution in [3.63, 3.8) is 0 Å². The molecule has 2 amide bonds. The number of hydrogen-bond donors (Lipinski definition) is 2. The van der Waals surface area contributed by atoms with Gasteiger partial charge in [-0.3, -0.25) is 14.9 Å². The van der Waals surface area contributed by atoms with Gasteiger partial charge in [0, 0.05) is 30.3 Å². The summed E-state index contributed by atoms with van der Waals surface area (Å²) in [4.78, 5) is 32.0. The van der Waals surface area contributed by atoms with Crippen LogP contribution in [0.3, 0.4) is 0 Å². The third-order valence-corrected chi connectivity index (χ3v) is 4.36. The molecule has 0 aliphatic heterocycles. The maximum absolute atomic E-state index is 12.3. The summed E-state index contributed by atoms with van der Waals surface area (Å²) in [6.07, 6.45) is 4.14.